The predicted octanol–water partition coefficient (Wildman–Crippen LogP) is 18.8. The molecule has 6 nitrogen and oxygen atoms in total. The molecule has 0 fully saturated rings. The van der Waals surface area contributed by atoms with Crippen LogP contribution in [0.25, 0.3) is 155 Å². The maximum absolute atomic E-state index is 6.50. The number of hydrogen-bond acceptors (Lipinski definition) is 4. The van der Waals surface area contributed by atoms with Gasteiger partial charge in [0.2, 0.25) is 0 Å². The van der Waals surface area contributed by atoms with Crippen LogP contribution in [-0.2, 0) is 0 Å². The summed E-state index contributed by atoms with van der Waals surface area (Å²) in [5, 5.41) is 9.08. The van der Waals surface area contributed by atoms with Crippen molar-refractivity contribution in [2.24, 2.45) is 0 Å². The smallest absolute Gasteiger partial charge is 0.160 e. The first-order valence-corrected chi connectivity index (χ1v) is 25.7. The number of aromatic nitrogens is 4. The van der Waals surface area contributed by atoms with E-state index >= 15 is 0 Å². The van der Waals surface area contributed by atoms with E-state index in [9.17, 15) is 0 Å². The van der Waals surface area contributed by atoms with Crippen LogP contribution in [0.3, 0.4) is 0 Å². The molecule has 0 radical (unpaired) electrons. The largest absolute Gasteiger partial charge is 0.456 e. The highest BCUT2D eigenvalue weighted by Crippen LogP contribution is 2.44. The summed E-state index contributed by atoms with van der Waals surface area (Å²) in [5.74, 6) is 0.631. The van der Waals surface area contributed by atoms with Gasteiger partial charge in [-0.05, 0) is 113 Å². The lowest BCUT2D eigenvalue weighted by molar-refractivity contribution is 0.668. The monoisotopic (exact) mass is 970 g/mol. The lowest BCUT2D eigenvalue weighted by Gasteiger charge is -2.17. The van der Waals surface area contributed by atoms with Crippen molar-refractivity contribution in [2.45, 2.75) is 0 Å². The molecule has 0 bridgehead atoms. The van der Waals surface area contributed by atoms with Crippen molar-refractivity contribution in [3.63, 3.8) is 0 Å². The van der Waals surface area contributed by atoms with E-state index in [1.807, 2.05) is 30.3 Å². The number of rotatable bonds is 7. The maximum Gasteiger partial charge on any atom is 0.160 e. The highest BCUT2D eigenvalue weighted by molar-refractivity contribution is 6.15. The Hall–Kier alpha value is -10.3. The Kier molecular flexibility index (Phi) is 9.23. The van der Waals surface area contributed by atoms with Crippen LogP contribution in [0.4, 0.5) is 0 Å². The zero-order valence-electron chi connectivity index (χ0n) is 40.9. The van der Waals surface area contributed by atoms with E-state index in [0.29, 0.717) is 5.82 Å². The van der Waals surface area contributed by atoms with E-state index in [-0.39, 0.29) is 0 Å². The van der Waals surface area contributed by atoms with Gasteiger partial charge in [0.25, 0.3) is 0 Å². The maximum atomic E-state index is 6.50. The van der Waals surface area contributed by atoms with Crippen molar-refractivity contribution in [3.05, 3.63) is 255 Å². The van der Waals surface area contributed by atoms with Gasteiger partial charge in [-0.3, -0.25) is 0 Å². The highest BCUT2D eigenvalue weighted by Gasteiger charge is 2.22. The first kappa shape index (κ1) is 42.2. The minimum absolute atomic E-state index is 0.631. The lowest BCUT2D eigenvalue weighted by atomic mass is 9.91. The molecule has 0 unspecified atom stereocenters. The first-order valence-electron chi connectivity index (χ1n) is 25.7. The second-order valence-electron chi connectivity index (χ2n) is 19.7. The topological polar surface area (TPSA) is 61.9 Å². The molecule has 0 aliphatic carbocycles. The van der Waals surface area contributed by atoms with Crippen molar-refractivity contribution >= 4 is 87.5 Å². The summed E-state index contributed by atoms with van der Waals surface area (Å²) in [5.41, 5.74) is 18.6. The second kappa shape index (κ2) is 16.6. The molecule has 0 aliphatic heterocycles. The van der Waals surface area contributed by atoms with E-state index in [1.165, 1.54) is 21.5 Å². The Bertz CT molecular complexity index is 4640. The van der Waals surface area contributed by atoms with Crippen LogP contribution in [0.5, 0.6) is 0 Å². The second-order valence-corrected chi connectivity index (χ2v) is 19.7. The summed E-state index contributed by atoms with van der Waals surface area (Å²) in [4.78, 5) is 11.1. The highest BCUT2D eigenvalue weighted by atomic mass is 16.3. The Balaban J connectivity index is 0.991. The molecule has 16 aromatic rings. The van der Waals surface area contributed by atoms with Gasteiger partial charge in [-0.1, -0.05) is 164 Å². The molecule has 0 N–H and O–H groups in total. The minimum atomic E-state index is 0.631. The third-order valence-electron chi connectivity index (χ3n) is 15.3. The summed E-state index contributed by atoms with van der Waals surface area (Å²) in [6, 6.07) is 90.5. The standard InChI is InChI=1S/C70H42N4O2/c1-2-18-43(19-3-1)70-71-58(46-37-44(50-26-16-34-66-68(50)56-24-8-14-32-64(56)75-66)36-45(38-46)51-27-17-35-67-69(51)57-25-9-15-33-65(57)76-67)42-59(72-70)47-39-48(73-60-28-10-4-20-52(60)53-21-5-11-29-61(53)73)41-49(40-47)74-62-30-12-6-22-54(62)55-23-7-13-31-63(55)74/h1-42H. The fourth-order valence-corrected chi connectivity index (χ4v) is 12.0. The number of fused-ring (bicyclic) bond motifs is 12. The van der Waals surface area contributed by atoms with E-state index in [1.54, 1.807) is 0 Å². The Morgan fingerprint density at radius 1 is 0.263 bits per heavy atom. The molecule has 5 aromatic heterocycles. The van der Waals surface area contributed by atoms with Crippen molar-refractivity contribution < 1.29 is 8.83 Å². The van der Waals surface area contributed by atoms with Crippen LogP contribution >= 0.6 is 0 Å². The van der Waals surface area contributed by atoms with Gasteiger partial charge in [0.15, 0.2) is 5.82 Å². The first-order chi connectivity index (χ1) is 37.7. The van der Waals surface area contributed by atoms with Gasteiger partial charge in [0.05, 0.1) is 33.5 Å². The van der Waals surface area contributed by atoms with Crippen LogP contribution in [-0.4, -0.2) is 19.1 Å². The zero-order chi connectivity index (χ0) is 49.8. The molecule has 354 valence electrons. The molecule has 0 aliphatic rings. The van der Waals surface area contributed by atoms with E-state index in [0.717, 1.165) is 128 Å². The van der Waals surface area contributed by atoms with Gasteiger partial charge in [0.1, 0.15) is 22.3 Å². The molecule has 5 heterocycles. The third-order valence-corrected chi connectivity index (χ3v) is 15.3. The summed E-state index contributed by atoms with van der Waals surface area (Å²) >= 11 is 0. The average molecular weight is 971 g/mol. The Labute approximate surface area is 435 Å². The van der Waals surface area contributed by atoms with Gasteiger partial charge in [-0.15, -0.1) is 0 Å². The van der Waals surface area contributed by atoms with Crippen LogP contribution in [0.15, 0.2) is 264 Å². The predicted molar refractivity (Wildman–Crippen MR) is 312 cm³/mol. The molecule has 16 rings (SSSR count). The fraction of sp³-hybridized carbons (Fsp3) is 0. The number of hydrogen-bond donors (Lipinski definition) is 0. The average Bonchev–Trinajstić information content (AvgIpc) is 4.28. The van der Waals surface area contributed by atoms with Crippen LogP contribution < -0.4 is 0 Å². The number of benzene rings is 11. The third kappa shape index (κ3) is 6.54. The van der Waals surface area contributed by atoms with Crippen molar-refractivity contribution in [1.82, 2.24) is 19.1 Å². The molecule has 0 amide bonds. The summed E-state index contributed by atoms with van der Waals surface area (Å²) in [7, 11) is 0. The number of para-hydroxylation sites is 6. The van der Waals surface area contributed by atoms with E-state index in [2.05, 4.69) is 234 Å². The molecule has 11 aromatic carbocycles. The van der Waals surface area contributed by atoms with Crippen molar-refractivity contribution in [1.29, 1.82) is 0 Å². The Morgan fingerprint density at radius 3 is 1.09 bits per heavy atom. The summed E-state index contributed by atoms with van der Waals surface area (Å²) < 4.78 is 17.8. The molecule has 0 saturated carbocycles. The van der Waals surface area contributed by atoms with Gasteiger partial charge in [-0.25, -0.2) is 9.97 Å². The van der Waals surface area contributed by atoms with E-state index in [4.69, 9.17) is 18.8 Å². The quantitative estimate of drug-likeness (QED) is 0.160. The van der Waals surface area contributed by atoms with E-state index < -0.39 is 0 Å². The molecular weight excluding hydrogens is 929 g/mol. The SMILES string of the molecule is c1ccc(-c2nc(-c3cc(-c4cccc5oc6ccccc6c45)cc(-c4cccc5oc6ccccc6c45)c3)cc(-c3cc(-n4c5ccccc5c5ccccc54)cc(-n4c5ccccc5c5ccccc54)c3)n2)cc1. The minimum Gasteiger partial charge on any atom is -0.456 e. The van der Waals surface area contributed by atoms with Crippen LogP contribution in [0.2, 0.25) is 0 Å². The zero-order valence-corrected chi connectivity index (χ0v) is 40.9. The molecule has 0 saturated heterocycles. The Morgan fingerprint density at radius 2 is 0.632 bits per heavy atom. The van der Waals surface area contributed by atoms with Gasteiger partial charge < -0.3 is 18.0 Å². The summed E-state index contributed by atoms with van der Waals surface area (Å²) in [6.45, 7) is 0. The molecule has 0 atom stereocenters. The van der Waals surface area contributed by atoms with Crippen LogP contribution in [0.1, 0.15) is 0 Å². The molecule has 0 spiro atoms. The van der Waals surface area contributed by atoms with Gasteiger partial charge in [-0.2, -0.15) is 0 Å². The van der Waals surface area contributed by atoms with Gasteiger partial charge in [0, 0.05) is 71.2 Å². The fourth-order valence-electron chi connectivity index (χ4n) is 12.0. The number of furan rings is 2. The molecule has 6 heteroatoms. The number of nitrogens with zero attached hydrogens (tertiary/aromatic N) is 4. The van der Waals surface area contributed by atoms with Crippen molar-refractivity contribution in [3.8, 4) is 67.5 Å². The lowest BCUT2D eigenvalue weighted by Crippen LogP contribution is -2.02. The van der Waals surface area contributed by atoms with Gasteiger partial charge >= 0.3 is 0 Å². The summed E-state index contributed by atoms with van der Waals surface area (Å²) in [6.07, 6.45) is 0. The normalized spacial score (nSPS) is 11.9. The van der Waals surface area contributed by atoms with Crippen LogP contribution in [0, 0.1) is 0 Å². The molecular formula is C70H42N4O2. The van der Waals surface area contributed by atoms with Crippen molar-refractivity contribution in [2.75, 3.05) is 0 Å². The molecule has 76 heavy (non-hydrogen) atoms.